The Balaban J connectivity index is 0.952. The number of amides is 1. The predicted octanol–water partition coefficient (Wildman–Crippen LogP) is 14.9. The van der Waals surface area contributed by atoms with Gasteiger partial charge in [-0.1, -0.05) is 174 Å². The quantitative estimate of drug-likeness (QED) is 0.0153. The zero-order chi connectivity index (χ0) is 53.1. The van der Waals surface area contributed by atoms with Crippen LogP contribution in [0.25, 0.3) is 10.4 Å². The van der Waals surface area contributed by atoms with Crippen molar-refractivity contribution < 1.29 is 27.9 Å². The van der Waals surface area contributed by atoms with E-state index in [-0.39, 0.29) is 44.2 Å². The smallest absolute Gasteiger partial charge is 0.407 e. The molecule has 15 nitrogen and oxygen atoms in total. The van der Waals surface area contributed by atoms with Crippen LogP contribution < -0.4 is 21.7 Å². The van der Waals surface area contributed by atoms with E-state index in [9.17, 15) is 24.5 Å². The Bertz CT molecular complexity index is 2140. The number of carbonyl (C=O) groups is 1. The van der Waals surface area contributed by atoms with Crippen molar-refractivity contribution in [3.05, 3.63) is 54.7 Å². The van der Waals surface area contributed by atoms with Crippen molar-refractivity contribution in [1.82, 2.24) is 20.0 Å². The lowest BCUT2D eigenvalue weighted by molar-refractivity contribution is -0.0581. The van der Waals surface area contributed by atoms with Crippen molar-refractivity contribution >= 4 is 13.8 Å². The molecule has 12 atom stereocenters. The Morgan fingerprint density at radius 3 is 2.23 bits per heavy atom. The van der Waals surface area contributed by atoms with Crippen LogP contribution in [-0.2, 0) is 23.1 Å². The summed E-state index contributed by atoms with van der Waals surface area (Å²) >= 11 is 0. The average molecular weight is 1050 g/mol. The van der Waals surface area contributed by atoms with Crippen molar-refractivity contribution in [2.24, 2.45) is 51.5 Å². The highest BCUT2D eigenvalue weighted by atomic mass is 31.2. The number of ether oxygens (including phenoxy) is 2. The molecule has 0 bridgehead atoms. The Morgan fingerprint density at radius 2 is 1.57 bits per heavy atom. The molecule has 420 valence electrons. The van der Waals surface area contributed by atoms with Gasteiger partial charge in [-0.15, -0.1) is 0 Å². The van der Waals surface area contributed by atoms with Crippen LogP contribution in [0, 0.1) is 53.3 Å². The van der Waals surface area contributed by atoms with E-state index in [1.54, 1.807) is 6.92 Å². The minimum atomic E-state index is -3.96. The van der Waals surface area contributed by atoms with Gasteiger partial charge < -0.3 is 14.8 Å². The SMILES string of the molecule is CCCCCCCCCCCCCCCCCCOP(=O)(NCCNC(=O)O[C@H]1CC[C@@]2(C)C(=CC[C@H]3[C@@H]4CC[C@H]([C@H](C)CCCC(C)C)[C@@]4(C)CC[C@@H]32)C1)OC[C@H]1O[C@@H](n2cc(C)c(=O)[nH]c2=O)C[C@@H]1N=[N+]=[N-]. The maximum Gasteiger partial charge on any atom is 0.407 e. The van der Waals surface area contributed by atoms with Crippen LogP contribution in [0.3, 0.4) is 0 Å². The molecular formula is C58H100N7O8P. The second-order valence-electron chi connectivity index (χ2n) is 24.4. The average Bonchev–Trinajstić information content (AvgIpc) is 3.94. The van der Waals surface area contributed by atoms with Gasteiger partial charge in [0.1, 0.15) is 12.3 Å². The number of nitrogens with zero attached hydrogens (tertiary/aromatic N) is 4. The highest BCUT2D eigenvalue weighted by molar-refractivity contribution is 7.51. The van der Waals surface area contributed by atoms with Crippen molar-refractivity contribution in [2.45, 2.75) is 253 Å². The first-order valence-corrected chi connectivity index (χ1v) is 31.4. The van der Waals surface area contributed by atoms with Crippen molar-refractivity contribution in [3.63, 3.8) is 0 Å². The summed E-state index contributed by atoms with van der Waals surface area (Å²) in [5.41, 5.74) is 10.6. The van der Waals surface area contributed by atoms with E-state index in [0.717, 1.165) is 74.5 Å². The first-order valence-electron chi connectivity index (χ1n) is 29.9. The number of aromatic amines is 1. The summed E-state index contributed by atoms with van der Waals surface area (Å²) in [5, 5.41) is 9.69. The number of unbranched alkanes of at least 4 members (excludes halogenated alkanes) is 15. The lowest BCUT2D eigenvalue weighted by atomic mass is 9.47. The lowest BCUT2D eigenvalue weighted by Crippen LogP contribution is -2.51. The highest BCUT2D eigenvalue weighted by Crippen LogP contribution is 2.67. The fraction of sp³-hybridized carbons (Fsp3) is 0.879. The molecule has 1 saturated heterocycles. The highest BCUT2D eigenvalue weighted by Gasteiger charge is 2.59. The molecule has 16 heteroatoms. The minimum Gasteiger partial charge on any atom is -0.446 e. The van der Waals surface area contributed by atoms with E-state index in [2.05, 4.69) is 73.0 Å². The van der Waals surface area contributed by atoms with Gasteiger partial charge in [-0.2, -0.15) is 0 Å². The molecule has 74 heavy (non-hydrogen) atoms. The summed E-state index contributed by atoms with van der Waals surface area (Å²) in [5.74, 6) is 4.65. The topological polar surface area (TPSA) is 199 Å². The van der Waals surface area contributed by atoms with Crippen molar-refractivity contribution in [3.8, 4) is 0 Å². The zero-order valence-corrected chi connectivity index (χ0v) is 48.0. The predicted molar refractivity (Wildman–Crippen MR) is 296 cm³/mol. The number of alkyl carbamates (subject to hydrolysis) is 1. The largest absolute Gasteiger partial charge is 0.446 e. The van der Waals surface area contributed by atoms with Crippen LogP contribution in [0.2, 0.25) is 0 Å². The van der Waals surface area contributed by atoms with E-state index in [1.807, 2.05) is 0 Å². The van der Waals surface area contributed by atoms with Crippen molar-refractivity contribution in [1.29, 1.82) is 0 Å². The molecule has 4 fully saturated rings. The number of nitrogens with one attached hydrogen (secondary N) is 3. The van der Waals surface area contributed by atoms with Gasteiger partial charge in [0.15, 0.2) is 0 Å². The summed E-state index contributed by atoms with van der Waals surface area (Å²) in [6.07, 6.45) is 34.8. The third-order valence-corrected chi connectivity index (χ3v) is 20.4. The summed E-state index contributed by atoms with van der Waals surface area (Å²) in [4.78, 5) is 43.3. The Kier molecular flexibility index (Phi) is 24.2. The number of allylic oxidation sites excluding steroid dienone is 1. The van der Waals surface area contributed by atoms with Gasteiger partial charge in [0.25, 0.3) is 5.56 Å². The second kappa shape index (κ2) is 29.7. The molecule has 1 aliphatic heterocycles. The molecule has 2 heterocycles. The first kappa shape index (κ1) is 60.3. The molecule has 6 rings (SSSR count). The second-order valence-corrected chi connectivity index (χ2v) is 26.3. The maximum absolute atomic E-state index is 14.3. The maximum atomic E-state index is 14.3. The van der Waals surface area contributed by atoms with Crippen LogP contribution >= 0.6 is 7.75 Å². The molecule has 1 aromatic heterocycles. The fourth-order valence-electron chi connectivity index (χ4n) is 14.5. The van der Waals surface area contributed by atoms with Crippen LogP contribution in [0.1, 0.15) is 233 Å². The van der Waals surface area contributed by atoms with Gasteiger partial charge in [0.2, 0.25) is 0 Å². The number of aromatic nitrogens is 2. The van der Waals surface area contributed by atoms with Gasteiger partial charge >= 0.3 is 19.5 Å². The normalized spacial score (nSPS) is 29.6. The molecule has 5 aliphatic rings. The lowest BCUT2D eigenvalue weighted by Gasteiger charge is -2.58. The van der Waals surface area contributed by atoms with Gasteiger partial charge in [0, 0.05) is 42.6 Å². The van der Waals surface area contributed by atoms with Crippen molar-refractivity contribution in [2.75, 3.05) is 26.3 Å². The minimum absolute atomic E-state index is 0.0833. The number of hydrogen-bond acceptors (Lipinski definition) is 9. The van der Waals surface area contributed by atoms with Crippen LogP contribution in [0.5, 0.6) is 0 Å². The van der Waals surface area contributed by atoms with Gasteiger partial charge in [-0.25, -0.2) is 19.2 Å². The van der Waals surface area contributed by atoms with E-state index in [1.165, 1.54) is 138 Å². The van der Waals surface area contributed by atoms with Crippen LogP contribution in [-0.4, -0.2) is 60.2 Å². The first-order chi connectivity index (χ1) is 35.6. The standard InChI is InChI=1S/C58H100N7O8P/c1-8-9-10-11-12-13-14-15-16-17-18-19-20-21-22-23-37-70-74(69,71-41-52-51(63-64-59)39-53(73-52)65-40-44(5)54(66)62-55(65)67)61-36-35-60-56(68)72-46-31-33-57(6)45(38-46)27-28-47-49-30-29-48(43(4)26-24-25-42(2)3)58(49,7)34-32-50(47)57/h27,40,42-43,46-53H,8-26,28-39,41H2,1-7H3,(H,60,68)(H,61,69)(H,62,66,67)/t43-,46+,47+,48-,49+,50+,51+,52-,53-,57+,58-,74?/m1/s1. The molecule has 0 aromatic carbocycles. The molecule has 1 amide bonds. The van der Waals surface area contributed by atoms with Gasteiger partial charge in [-0.3, -0.25) is 23.4 Å². The van der Waals surface area contributed by atoms with Crippen LogP contribution in [0.15, 0.2) is 32.5 Å². The third kappa shape index (κ3) is 16.8. The number of hydrogen-bond donors (Lipinski definition) is 3. The summed E-state index contributed by atoms with van der Waals surface area (Å²) < 4.78 is 39.7. The Hall–Kier alpha value is -2.93. The van der Waals surface area contributed by atoms with E-state index in [4.69, 9.17) is 18.5 Å². The third-order valence-electron chi connectivity index (χ3n) is 18.8. The van der Waals surface area contributed by atoms with Crippen LogP contribution in [0.4, 0.5) is 4.79 Å². The number of fused-ring (bicyclic) bond motifs is 5. The summed E-state index contributed by atoms with van der Waals surface area (Å²) in [6, 6.07) is -0.741. The van der Waals surface area contributed by atoms with E-state index >= 15 is 0 Å². The Labute approximate surface area is 445 Å². The molecule has 1 unspecified atom stereocenters. The molecule has 3 N–H and O–H groups in total. The Morgan fingerprint density at radius 1 is 0.892 bits per heavy atom. The molecular weight excluding hydrogens is 954 g/mol. The number of H-pyrrole nitrogens is 1. The monoisotopic (exact) mass is 1050 g/mol. The number of azide groups is 1. The number of carbonyl (C=O) groups excluding carboxylic acids is 1. The molecule has 0 radical (unpaired) electrons. The summed E-state index contributed by atoms with van der Waals surface area (Å²) in [7, 11) is -3.96. The zero-order valence-electron chi connectivity index (χ0n) is 47.1. The number of aryl methyl sites for hydroxylation is 1. The van der Waals surface area contributed by atoms with E-state index in [0.29, 0.717) is 23.3 Å². The molecule has 1 aromatic rings. The van der Waals surface area contributed by atoms with E-state index < -0.39 is 43.5 Å². The molecule has 0 spiro atoms. The molecule has 4 aliphatic carbocycles. The van der Waals surface area contributed by atoms with Gasteiger partial charge in [-0.05, 0) is 110 Å². The summed E-state index contributed by atoms with van der Waals surface area (Å²) in [6.45, 7) is 16.4. The molecule has 3 saturated carbocycles. The fourth-order valence-corrected chi connectivity index (χ4v) is 15.8. The number of rotatable bonds is 33. The van der Waals surface area contributed by atoms with Gasteiger partial charge in [0.05, 0.1) is 25.4 Å².